The summed E-state index contributed by atoms with van der Waals surface area (Å²) < 4.78 is 14.7. The van der Waals surface area contributed by atoms with E-state index in [1.807, 2.05) is 0 Å². The van der Waals surface area contributed by atoms with Crippen LogP contribution in [0.4, 0.5) is 0 Å². The van der Waals surface area contributed by atoms with Gasteiger partial charge in [-0.1, -0.05) is 79.7 Å². The van der Waals surface area contributed by atoms with Gasteiger partial charge in [0.1, 0.15) is 5.78 Å². The number of hydrogen-bond acceptors (Lipinski definition) is 4. The first-order valence-corrected chi connectivity index (χ1v) is 22.6. The third-order valence-electron chi connectivity index (χ3n) is 17.1. The van der Waals surface area contributed by atoms with Crippen molar-refractivity contribution in [2.75, 3.05) is 19.1 Å². The standard InChI is InChI=1S/C46H75ClO4/c1-29(2)34-14-12-31(5)23-39(34)44(40-24-32(6)13-15-35(40)30(3)4)27-50-46(51-28-44)21-19-38-42-33(11-9-8-10-22-47)25-43(7)37(16-17-41(43)48)36(42)18-20-45(38,49)26-46/h29-37,39-40,49H,8-28H2,1-7H3/t31?,32?,33?,34?,35?,36-,37-,39?,40?,43-,44?,45+,46?/m0/s1. The van der Waals surface area contributed by atoms with E-state index in [0.717, 1.165) is 113 Å². The highest BCUT2D eigenvalue weighted by Crippen LogP contribution is 2.65. The zero-order valence-electron chi connectivity index (χ0n) is 33.8. The molecule has 6 fully saturated rings. The van der Waals surface area contributed by atoms with Gasteiger partial charge < -0.3 is 14.6 Å². The minimum Gasteiger partial charge on any atom is -0.385 e. The monoisotopic (exact) mass is 727 g/mol. The summed E-state index contributed by atoms with van der Waals surface area (Å²) in [6.07, 6.45) is 19.2. The molecule has 5 saturated carbocycles. The van der Waals surface area contributed by atoms with Crippen molar-refractivity contribution in [1.29, 1.82) is 0 Å². The lowest BCUT2D eigenvalue weighted by Crippen LogP contribution is -2.63. The Morgan fingerprint density at radius 1 is 0.804 bits per heavy atom. The van der Waals surface area contributed by atoms with Gasteiger partial charge in [0.25, 0.3) is 0 Å². The fourth-order valence-corrected chi connectivity index (χ4v) is 14.6. The zero-order chi connectivity index (χ0) is 36.3. The lowest BCUT2D eigenvalue weighted by molar-refractivity contribution is -0.350. The minimum absolute atomic E-state index is 0.0362. The molecule has 0 radical (unpaired) electrons. The number of carbonyl (C=O) groups excluding carboxylic acids is 1. The topological polar surface area (TPSA) is 55.8 Å². The number of hydrogen-bond donors (Lipinski definition) is 1. The van der Waals surface area contributed by atoms with E-state index in [0.29, 0.717) is 53.6 Å². The molecular weight excluding hydrogens is 652 g/mol. The smallest absolute Gasteiger partial charge is 0.171 e. The van der Waals surface area contributed by atoms with Gasteiger partial charge >= 0.3 is 0 Å². The summed E-state index contributed by atoms with van der Waals surface area (Å²) >= 11 is 6.08. The fraction of sp³-hybridized carbons (Fsp3) is 0.935. The molecule has 11 atom stereocenters. The van der Waals surface area contributed by atoms with Crippen LogP contribution in [-0.2, 0) is 14.3 Å². The Kier molecular flexibility index (Phi) is 11.4. The number of ether oxygens (including phenoxy) is 2. The summed E-state index contributed by atoms with van der Waals surface area (Å²) in [5.41, 5.74) is 1.88. The summed E-state index contributed by atoms with van der Waals surface area (Å²) in [5.74, 6) is 7.34. The van der Waals surface area contributed by atoms with Gasteiger partial charge in [0.2, 0.25) is 0 Å². The van der Waals surface area contributed by atoms with Gasteiger partial charge in [-0.3, -0.25) is 4.79 Å². The number of aliphatic hydroxyl groups is 1. The van der Waals surface area contributed by atoms with E-state index in [2.05, 4.69) is 48.5 Å². The lowest BCUT2D eigenvalue weighted by atomic mass is 9.49. The second-order valence-electron chi connectivity index (χ2n) is 20.8. The number of Topliss-reactive ketones (excluding diaryl/α,β-unsaturated/α-hetero) is 1. The number of carbonyl (C=O) groups is 1. The van der Waals surface area contributed by atoms with E-state index in [1.165, 1.54) is 44.1 Å². The van der Waals surface area contributed by atoms with E-state index in [9.17, 15) is 9.90 Å². The first-order valence-electron chi connectivity index (χ1n) is 22.1. The Morgan fingerprint density at radius 2 is 1.43 bits per heavy atom. The summed E-state index contributed by atoms with van der Waals surface area (Å²) in [4.78, 5) is 13.4. The van der Waals surface area contributed by atoms with Gasteiger partial charge in [-0.15, -0.1) is 11.6 Å². The predicted octanol–water partition coefficient (Wildman–Crippen LogP) is 11.6. The molecule has 5 heteroatoms. The van der Waals surface area contributed by atoms with Crippen LogP contribution in [0.25, 0.3) is 0 Å². The molecule has 0 bridgehead atoms. The molecule has 0 amide bonds. The minimum atomic E-state index is -0.867. The maximum atomic E-state index is 13.4. The maximum absolute atomic E-state index is 13.4. The Balaban J connectivity index is 1.19. The lowest BCUT2D eigenvalue weighted by Gasteiger charge is -2.62. The number of allylic oxidation sites excluding steroid dienone is 1. The van der Waals surface area contributed by atoms with Crippen LogP contribution in [0.15, 0.2) is 11.1 Å². The third kappa shape index (κ3) is 6.90. The normalized spacial score (nSPS) is 47.5. The molecule has 0 aromatic carbocycles. The molecule has 1 N–H and O–H groups in total. The van der Waals surface area contributed by atoms with Gasteiger partial charge in [-0.2, -0.15) is 0 Å². The van der Waals surface area contributed by atoms with Crippen molar-refractivity contribution in [2.45, 2.75) is 175 Å². The molecule has 1 saturated heterocycles. The van der Waals surface area contributed by atoms with Gasteiger partial charge in [-0.25, -0.2) is 0 Å². The molecule has 1 aliphatic heterocycles. The second kappa shape index (κ2) is 14.9. The zero-order valence-corrected chi connectivity index (χ0v) is 34.5. The van der Waals surface area contributed by atoms with Crippen LogP contribution in [0.1, 0.15) is 164 Å². The van der Waals surface area contributed by atoms with Crippen LogP contribution in [0.3, 0.4) is 0 Å². The summed E-state index contributed by atoms with van der Waals surface area (Å²) in [7, 11) is 0. The first kappa shape index (κ1) is 38.8. The average molecular weight is 728 g/mol. The van der Waals surface area contributed by atoms with Crippen molar-refractivity contribution < 1.29 is 19.4 Å². The Bertz CT molecular complexity index is 1250. The van der Waals surface area contributed by atoms with Gasteiger partial charge in [-0.05, 0) is 141 Å². The Morgan fingerprint density at radius 3 is 2.02 bits per heavy atom. The number of fused-ring (bicyclic) bond motifs is 4. The molecule has 7 unspecified atom stereocenters. The molecule has 0 aromatic rings. The highest BCUT2D eigenvalue weighted by Gasteiger charge is 2.63. The number of halogens is 1. The highest BCUT2D eigenvalue weighted by atomic mass is 35.5. The molecule has 6 aliphatic carbocycles. The molecule has 7 aliphatic rings. The Labute approximate surface area is 317 Å². The van der Waals surface area contributed by atoms with Crippen molar-refractivity contribution in [3.05, 3.63) is 11.1 Å². The maximum Gasteiger partial charge on any atom is 0.171 e. The van der Waals surface area contributed by atoms with Crippen LogP contribution in [0.5, 0.6) is 0 Å². The predicted molar refractivity (Wildman–Crippen MR) is 208 cm³/mol. The van der Waals surface area contributed by atoms with Crippen molar-refractivity contribution in [1.82, 2.24) is 0 Å². The fourth-order valence-electron chi connectivity index (χ4n) is 14.4. The van der Waals surface area contributed by atoms with E-state index in [4.69, 9.17) is 21.1 Å². The summed E-state index contributed by atoms with van der Waals surface area (Å²) in [6.45, 7) is 18.8. The van der Waals surface area contributed by atoms with Crippen molar-refractivity contribution in [2.24, 2.45) is 75.9 Å². The summed E-state index contributed by atoms with van der Waals surface area (Å²) in [5, 5.41) is 12.9. The molecule has 51 heavy (non-hydrogen) atoms. The number of unbranched alkanes of at least 4 members (excludes halogenated alkanes) is 2. The highest BCUT2D eigenvalue weighted by molar-refractivity contribution is 6.17. The quantitative estimate of drug-likeness (QED) is 0.146. The largest absolute Gasteiger partial charge is 0.385 e. The second-order valence-corrected chi connectivity index (χ2v) is 21.2. The number of alkyl halides is 1. The number of ketones is 1. The number of rotatable bonds is 9. The van der Waals surface area contributed by atoms with Crippen molar-refractivity contribution in [3.8, 4) is 0 Å². The van der Waals surface area contributed by atoms with Gasteiger partial charge in [0.05, 0.1) is 18.8 Å². The first-order chi connectivity index (χ1) is 24.3. The van der Waals surface area contributed by atoms with Crippen molar-refractivity contribution >= 4 is 17.4 Å². The van der Waals surface area contributed by atoms with Crippen LogP contribution in [-0.4, -0.2) is 41.4 Å². The summed E-state index contributed by atoms with van der Waals surface area (Å²) in [6, 6.07) is 0. The van der Waals surface area contributed by atoms with Gasteiger partial charge in [0, 0.05) is 36.0 Å². The molecule has 1 heterocycles. The third-order valence-corrected chi connectivity index (χ3v) is 17.4. The molecule has 4 nitrogen and oxygen atoms in total. The average Bonchev–Trinajstić information content (AvgIpc) is 3.39. The van der Waals surface area contributed by atoms with E-state index < -0.39 is 11.4 Å². The van der Waals surface area contributed by atoms with Crippen LogP contribution >= 0.6 is 11.6 Å². The Hall–Kier alpha value is -0.420. The molecule has 1 spiro atoms. The van der Waals surface area contributed by atoms with E-state index >= 15 is 0 Å². The van der Waals surface area contributed by atoms with E-state index in [1.54, 1.807) is 5.57 Å². The van der Waals surface area contributed by atoms with Crippen molar-refractivity contribution in [3.63, 3.8) is 0 Å². The molecule has 290 valence electrons. The molecule has 7 rings (SSSR count). The SMILES string of the molecule is CC1CCC(C(C)C)C(C2(C3CC(C)CCC3C(C)C)COC3(CCC4=C5C(CCCCCCl)C[C@]6(C)C(=O)CC[C@H]6[C@@H]5CC[C@@]4(O)C3)OC2)C1. The van der Waals surface area contributed by atoms with Gasteiger partial charge in [0.15, 0.2) is 5.79 Å². The van der Waals surface area contributed by atoms with Crippen LogP contribution in [0, 0.1) is 75.9 Å². The molecule has 0 aromatic heterocycles. The molecular formula is C46H75ClO4. The van der Waals surface area contributed by atoms with Crippen LogP contribution in [0.2, 0.25) is 0 Å². The van der Waals surface area contributed by atoms with E-state index in [-0.39, 0.29) is 10.8 Å². The van der Waals surface area contributed by atoms with Crippen LogP contribution < -0.4 is 0 Å².